The molecule has 3 nitrogen and oxygen atoms in total. The van der Waals surface area contributed by atoms with Crippen molar-refractivity contribution in [3.8, 4) is 0 Å². The molecule has 19 heavy (non-hydrogen) atoms. The van der Waals surface area contributed by atoms with Crippen molar-refractivity contribution in [1.29, 1.82) is 0 Å². The van der Waals surface area contributed by atoms with Crippen molar-refractivity contribution in [3.63, 3.8) is 0 Å². The minimum Gasteiger partial charge on any atom is -0.383 e. The molecule has 1 fully saturated rings. The van der Waals surface area contributed by atoms with Crippen molar-refractivity contribution in [2.24, 2.45) is 0 Å². The van der Waals surface area contributed by atoms with E-state index in [4.69, 9.17) is 0 Å². The van der Waals surface area contributed by atoms with E-state index in [-0.39, 0.29) is 11.3 Å². The van der Waals surface area contributed by atoms with Crippen LogP contribution in [0.1, 0.15) is 23.2 Å². The number of halogens is 2. The van der Waals surface area contributed by atoms with E-state index in [0.717, 1.165) is 30.7 Å². The average Bonchev–Trinajstić information content (AvgIpc) is 2.88. The molecule has 1 unspecified atom stereocenters. The Morgan fingerprint density at radius 1 is 1.42 bits per heavy atom. The van der Waals surface area contributed by atoms with E-state index in [1.807, 2.05) is 11.8 Å². The normalized spacial score (nSPS) is 18.4. The molecular formula is C13H16F2N2OS. The molecule has 1 amide bonds. The molecular weight excluding hydrogens is 270 g/mol. The van der Waals surface area contributed by atoms with Crippen LogP contribution in [0.5, 0.6) is 0 Å². The minimum absolute atomic E-state index is 0.0111. The fourth-order valence-corrected chi connectivity index (χ4v) is 3.26. The van der Waals surface area contributed by atoms with Crippen LogP contribution in [0.3, 0.4) is 0 Å². The second-order valence-electron chi connectivity index (χ2n) is 4.41. The smallest absolute Gasteiger partial charge is 0.251 e. The van der Waals surface area contributed by atoms with Crippen molar-refractivity contribution < 1.29 is 13.6 Å². The maximum absolute atomic E-state index is 13.5. The van der Waals surface area contributed by atoms with E-state index < -0.39 is 17.5 Å². The van der Waals surface area contributed by atoms with Gasteiger partial charge in [-0.25, -0.2) is 8.78 Å². The zero-order chi connectivity index (χ0) is 13.8. The van der Waals surface area contributed by atoms with Gasteiger partial charge in [-0.3, -0.25) is 4.79 Å². The number of benzene rings is 1. The van der Waals surface area contributed by atoms with Gasteiger partial charge in [0, 0.05) is 24.4 Å². The maximum atomic E-state index is 13.5. The van der Waals surface area contributed by atoms with Gasteiger partial charge in [-0.2, -0.15) is 11.8 Å². The first kappa shape index (κ1) is 14.1. The summed E-state index contributed by atoms with van der Waals surface area (Å²) in [6, 6.07) is 2.10. The van der Waals surface area contributed by atoms with Gasteiger partial charge in [0.15, 0.2) is 0 Å². The predicted molar refractivity (Wildman–Crippen MR) is 73.7 cm³/mol. The number of amides is 1. The Hall–Kier alpha value is -1.30. The Kier molecular flexibility index (Phi) is 4.63. The number of anilines is 1. The highest BCUT2D eigenvalue weighted by Gasteiger charge is 2.18. The summed E-state index contributed by atoms with van der Waals surface area (Å²) in [6.07, 6.45) is 2.23. The summed E-state index contributed by atoms with van der Waals surface area (Å²) in [5.41, 5.74) is -0.208. The lowest BCUT2D eigenvalue weighted by Gasteiger charge is -2.11. The third-order valence-corrected chi connectivity index (χ3v) is 4.47. The molecule has 0 aliphatic carbocycles. The lowest BCUT2D eigenvalue weighted by Crippen LogP contribution is -2.29. The van der Waals surface area contributed by atoms with E-state index in [1.165, 1.54) is 7.05 Å². The summed E-state index contributed by atoms with van der Waals surface area (Å²) < 4.78 is 27.1. The highest BCUT2D eigenvalue weighted by atomic mass is 32.2. The highest BCUT2D eigenvalue weighted by Crippen LogP contribution is 2.25. The molecule has 1 saturated heterocycles. The molecule has 1 heterocycles. The summed E-state index contributed by atoms with van der Waals surface area (Å²) >= 11 is 1.82. The Labute approximate surface area is 115 Å². The van der Waals surface area contributed by atoms with E-state index in [0.29, 0.717) is 11.8 Å². The molecule has 1 aliphatic heterocycles. The summed E-state index contributed by atoms with van der Waals surface area (Å²) in [4.78, 5) is 11.8. The van der Waals surface area contributed by atoms with E-state index in [9.17, 15) is 13.6 Å². The van der Waals surface area contributed by atoms with Gasteiger partial charge in [0.1, 0.15) is 17.3 Å². The third-order valence-electron chi connectivity index (χ3n) is 3.07. The van der Waals surface area contributed by atoms with Crippen LogP contribution >= 0.6 is 11.8 Å². The number of rotatable bonds is 4. The van der Waals surface area contributed by atoms with Crippen LogP contribution in [0.25, 0.3) is 0 Å². The molecule has 1 aromatic carbocycles. The van der Waals surface area contributed by atoms with Gasteiger partial charge in [0.25, 0.3) is 5.91 Å². The number of hydrogen-bond acceptors (Lipinski definition) is 3. The van der Waals surface area contributed by atoms with Crippen LogP contribution in [0.15, 0.2) is 12.1 Å². The molecule has 2 rings (SSSR count). The van der Waals surface area contributed by atoms with Gasteiger partial charge in [0.2, 0.25) is 0 Å². The van der Waals surface area contributed by atoms with Crippen molar-refractivity contribution in [2.45, 2.75) is 18.1 Å². The molecule has 1 aliphatic rings. The second kappa shape index (κ2) is 6.23. The Morgan fingerprint density at radius 3 is 2.63 bits per heavy atom. The quantitative estimate of drug-likeness (QED) is 0.894. The first-order valence-electron chi connectivity index (χ1n) is 6.18. The molecule has 104 valence electrons. The lowest BCUT2D eigenvalue weighted by atomic mass is 10.1. The van der Waals surface area contributed by atoms with Gasteiger partial charge in [-0.15, -0.1) is 0 Å². The molecule has 0 aromatic heterocycles. The van der Waals surface area contributed by atoms with Gasteiger partial charge in [-0.05, 0) is 30.7 Å². The number of carbonyl (C=O) groups is 1. The molecule has 1 aromatic rings. The molecule has 0 bridgehead atoms. The third kappa shape index (κ3) is 3.37. The standard InChI is InChI=1S/C13H16F2N2OS/c1-16-12-10(14)5-8(6-11(12)15)13(18)17-7-9-3-2-4-19-9/h5-6,9,16H,2-4,7H2,1H3,(H,17,18). The summed E-state index contributed by atoms with van der Waals surface area (Å²) in [6.45, 7) is 0.542. The van der Waals surface area contributed by atoms with Crippen LogP contribution < -0.4 is 10.6 Å². The Bertz CT molecular complexity index is 453. The van der Waals surface area contributed by atoms with Gasteiger partial charge in [0.05, 0.1) is 0 Å². The summed E-state index contributed by atoms with van der Waals surface area (Å²) in [5, 5.41) is 5.55. The molecule has 0 spiro atoms. The zero-order valence-electron chi connectivity index (χ0n) is 10.6. The highest BCUT2D eigenvalue weighted by molar-refractivity contribution is 8.00. The largest absolute Gasteiger partial charge is 0.383 e. The van der Waals surface area contributed by atoms with Crippen molar-refractivity contribution in [3.05, 3.63) is 29.3 Å². The molecule has 6 heteroatoms. The molecule has 2 N–H and O–H groups in total. The van der Waals surface area contributed by atoms with Crippen LogP contribution in [0.4, 0.5) is 14.5 Å². The monoisotopic (exact) mass is 286 g/mol. The topological polar surface area (TPSA) is 41.1 Å². The van der Waals surface area contributed by atoms with E-state index in [2.05, 4.69) is 10.6 Å². The summed E-state index contributed by atoms with van der Waals surface area (Å²) in [5.74, 6) is -0.848. The van der Waals surface area contributed by atoms with Crippen LogP contribution in [0, 0.1) is 11.6 Å². The number of carbonyl (C=O) groups excluding carboxylic acids is 1. The molecule has 0 saturated carbocycles. The van der Waals surface area contributed by atoms with Gasteiger partial charge < -0.3 is 10.6 Å². The van der Waals surface area contributed by atoms with Crippen LogP contribution in [0.2, 0.25) is 0 Å². The second-order valence-corrected chi connectivity index (χ2v) is 5.82. The van der Waals surface area contributed by atoms with Crippen molar-refractivity contribution in [1.82, 2.24) is 5.32 Å². The Balaban J connectivity index is 2.02. The molecule has 1 atom stereocenters. The van der Waals surface area contributed by atoms with Crippen molar-refractivity contribution in [2.75, 3.05) is 24.7 Å². The Morgan fingerprint density at radius 2 is 2.11 bits per heavy atom. The first-order chi connectivity index (χ1) is 9.11. The van der Waals surface area contributed by atoms with Crippen LogP contribution in [-0.2, 0) is 0 Å². The minimum atomic E-state index is -0.761. The van der Waals surface area contributed by atoms with Crippen LogP contribution in [-0.4, -0.2) is 30.5 Å². The lowest BCUT2D eigenvalue weighted by molar-refractivity contribution is 0.0953. The number of nitrogens with one attached hydrogen (secondary N) is 2. The van der Waals surface area contributed by atoms with Gasteiger partial charge in [-0.1, -0.05) is 0 Å². The fraction of sp³-hybridized carbons (Fsp3) is 0.462. The predicted octanol–water partition coefficient (Wildman–Crippen LogP) is 2.63. The number of thioether (sulfide) groups is 1. The number of hydrogen-bond donors (Lipinski definition) is 2. The fourth-order valence-electron chi connectivity index (χ4n) is 2.06. The van der Waals surface area contributed by atoms with E-state index >= 15 is 0 Å². The maximum Gasteiger partial charge on any atom is 0.251 e. The van der Waals surface area contributed by atoms with Gasteiger partial charge >= 0.3 is 0 Å². The zero-order valence-corrected chi connectivity index (χ0v) is 11.4. The first-order valence-corrected chi connectivity index (χ1v) is 7.23. The SMILES string of the molecule is CNc1c(F)cc(C(=O)NCC2CCCS2)cc1F. The summed E-state index contributed by atoms with van der Waals surface area (Å²) in [7, 11) is 1.43. The average molecular weight is 286 g/mol. The molecule has 0 radical (unpaired) electrons. The van der Waals surface area contributed by atoms with Crippen molar-refractivity contribution >= 4 is 23.4 Å². The van der Waals surface area contributed by atoms with E-state index in [1.54, 1.807) is 0 Å².